The maximum Gasteiger partial charge on any atom is 0.276 e. The molecule has 1 rings (SSSR count). The highest BCUT2D eigenvalue weighted by Crippen LogP contribution is 2.23. The minimum Gasteiger partial charge on any atom is -0.380 e. The highest BCUT2D eigenvalue weighted by molar-refractivity contribution is 9.10. The third kappa shape index (κ3) is 2.50. The molecular formula is C8H8BrNO3. The summed E-state index contributed by atoms with van der Waals surface area (Å²) >= 11 is 3.17. The standard InChI is InChI=1S/C8H8BrNO3/c1-13-5-6-2-3-7(9)4-8(6)10(11)12/h2-4H,5H2,1H3. The van der Waals surface area contributed by atoms with Gasteiger partial charge in [-0.25, -0.2) is 0 Å². The van der Waals surface area contributed by atoms with Crippen LogP contribution in [0.4, 0.5) is 5.69 Å². The highest BCUT2D eigenvalue weighted by Gasteiger charge is 2.13. The number of nitro benzene ring substituents is 1. The van der Waals surface area contributed by atoms with E-state index in [1.54, 1.807) is 12.1 Å². The second-order valence-electron chi connectivity index (χ2n) is 2.46. The van der Waals surface area contributed by atoms with Crippen LogP contribution < -0.4 is 0 Å². The van der Waals surface area contributed by atoms with Crippen LogP contribution in [0.1, 0.15) is 5.56 Å². The summed E-state index contributed by atoms with van der Waals surface area (Å²) in [6, 6.07) is 4.89. The molecule has 0 aliphatic carbocycles. The van der Waals surface area contributed by atoms with Crippen LogP contribution in [0.25, 0.3) is 0 Å². The molecule has 0 aliphatic heterocycles. The molecule has 0 amide bonds. The fourth-order valence-corrected chi connectivity index (χ4v) is 1.33. The Hall–Kier alpha value is -0.940. The summed E-state index contributed by atoms with van der Waals surface area (Å²) in [7, 11) is 1.51. The van der Waals surface area contributed by atoms with E-state index in [-0.39, 0.29) is 12.3 Å². The maximum absolute atomic E-state index is 10.6. The van der Waals surface area contributed by atoms with E-state index in [0.29, 0.717) is 10.0 Å². The van der Waals surface area contributed by atoms with Crippen molar-refractivity contribution >= 4 is 21.6 Å². The van der Waals surface area contributed by atoms with Crippen LogP contribution in [0.5, 0.6) is 0 Å². The van der Waals surface area contributed by atoms with Crippen LogP contribution in [0.3, 0.4) is 0 Å². The lowest BCUT2D eigenvalue weighted by atomic mass is 10.2. The first-order chi connectivity index (χ1) is 6.15. The zero-order chi connectivity index (χ0) is 9.84. The molecule has 0 spiro atoms. The lowest BCUT2D eigenvalue weighted by Crippen LogP contribution is -1.96. The van der Waals surface area contributed by atoms with Crippen LogP contribution in [-0.2, 0) is 11.3 Å². The largest absolute Gasteiger partial charge is 0.380 e. The minimum absolute atomic E-state index is 0.0798. The molecule has 0 aliphatic rings. The van der Waals surface area contributed by atoms with Gasteiger partial charge in [-0.05, 0) is 12.1 Å². The molecule has 1 aromatic carbocycles. The first kappa shape index (κ1) is 10.1. The smallest absolute Gasteiger partial charge is 0.276 e. The topological polar surface area (TPSA) is 52.4 Å². The molecule has 0 unspecified atom stereocenters. The van der Waals surface area contributed by atoms with Crippen LogP contribution >= 0.6 is 15.9 Å². The minimum atomic E-state index is -0.418. The number of rotatable bonds is 3. The SMILES string of the molecule is COCc1ccc(Br)cc1[N+](=O)[O-]. The Morgan fingerprint density at radius 3 is 2.85 bits per heavy atom. The third-order valence-corrected chi connectivity index (χ3v) is 2.04. The normalized spacial score (nSPS) is 10.0. The van der Waals surface area contributed by atoms with Crippen molar-refractivity contribution in [3.63, 3.8) is 0 Å². The average Bonchev–Trinajstić information content (AvgIpc) is 2.08. The maximum atomic E-state index is 10.6. The highest BCUT2D eigenvalue weighted by atomic mass is 79.9. The Kier molecular flexibility index (Phi) is 3.39. The van der Waals surface area contributed by atoms with Crippen molar-refractivity contribution in [3.05, 3.63) is 38.3 Å². The second kappa shape index (κ2) is 4.34. The summed E-state index contributed by atoms with van der Waals surface area (Å²) in [5.74, 6) is 0. The molecule has 4 nitrogen and oxygen atoms in total. The molecule has 70 valence electrons. The Morgan fingerprint density at radius 2 is 2.31 bits per heavy atom. The van der Waals surface area contributed by atoms with E-state index < -0.39 is 4.92 Å². The number of benzene rings is 1. The molecule has 0 saturated heterocycles. The van der Waals surface area contributed by atoms with E-state index >= 15 is 0 Å². The zero-order valence-electron chi connectivity index (χ0n) is 6.99. The number of nitrogens with zero attached hydrogens (tertiary/aromatic N) is 1. The van der Waals surface area contributed by atoms with Gasteiger partial charge in [0.15, 0.2) is 0 Å². The van der Waals surface area contributed by atoms with Crippen molar-refractivity contribution in [1.29, 1.82) is 0 Å². The number of hydrogen-bond donors (Lipinski definition) is 0. The average molecular weight is 246 g/mol. The van der Waals surface area contributed by atoms with Gasteiger partial charge in [0.05, 0.1) is 17.1 Å². The predicted molar refractivity (Wildman–Crippen MR) is 51.5 cm³/mol. The summed E-state index contributed by atoms with van der Waals surface area (Å²) < 4.78 is 5.53. The van der Waals surface area contributed by atoms with Gasteiger partial charge in [-0.2, -0.15) is 0 Å². The Balaban J connectivity index is 3.10. The fourth-order valence-electron chi connectivity index (χ4n) is 0.985. The van der Waals surface area contributed by atoms with Gasteiger partial charge in [0, 0.05) is 17.6 Å². The summed E-state index contributed by atoms with van der Waals surface area (Å²) in [6.07, 6.45) is 0. The van der Waals surface area contributed by atoms with Gasteiger partial charge in [-0.3, -0.25) is 10.1 Å². The van der Waals surface area contributed by atoms with E-state index in [1.807, 2.05) is 0 Å². The molecule has 0 atom stereocenters. The lowest BCUT2D eigenvalue weighted by molar-refractivity contribution is -0.386. The Labute approximate surface area is 83.8 Å². The van der Waals surface area contributed by atoms with E-state index in [2.05, 4.69) is 15.9 Å². The first-order valence-electron chi connectivity index (χ1n) is 3.57. The fraction of sp³-hybridized carbons (Fsp3) is 0.250. The monoisotopic (exact) mass is 245 g/mol. The van der Waals surface area contributed by atoms with Gasteiger partial charge in [0.25, 0.3) is 5.69 Å². The summed E-state index contributed by atoms with van der Waals surface area (Å²) in [5, 5.41) is 10.6. The third-order valence-electron chi connectivity index (χ3n) is 1.54. The molecule has 5 heteroatoms. The number of hydrogen-bond acceptors (Lipinski definition) is 3. The van der Waals surface area contributed by atoms with E-state index in [9.17, 15) is 10.1 Å². The Bertz CT molecular complexity index is 327. The van der Waals surface area contributed by atoms with E-state index in [4.69, 9.17) is 4.74 Å². The van der Waals surface area contributed by atoms with Gasteiger partial charge < -0.3 is 4.74 Å². The summed E-state index contributed by atoms with van der Waals surface area (Å²) in [4.78, 5) is 10.2. The molecule has 0 aromatic heterocycles. The summed E-state index contributed by atoms with van der Waals surface area (Å²) in [6.45, 7) is 0.254. The molecular weight excluding hydrogens is 238 g/mol. The van der Waals surface area contributed by atoms with E-state index in [0.717, 1.165) is 0 Å². The van der Waals surface area contributed by atoms with Crippen molar-refractivity contribution in [1.82, 2.24) is 0 Å². The van der Waals surface area contributed by atoms with Gasteiger partial charge in [-0.15, -0.1) is 0 Å². The van der Waals surface area contributed by atoms with Crippen LogP contribution in [0.2, 0.25) is 0 Å². The number of methoxy groups -OCH3 is 1. The number of halogens is 1. The van der Waals surface area contributed by atoms with Crippen molar-refractivity contribution < 1.29 is 9.66 Å². The van der Waals surface area contributed by atoms with Gasteiger partial charge >= 0.3 is 0 Å². The van der Waals surface area contributed by atoms with Gasteiger partial charge in [0.2, 0.25) is 0 Å². The second-order valence-corrected chi connectivity index (χ2v) is 3.38. The predicted octanol–water partition coefficient (Wildman–Crippen LogP) is 2.50. The van der Waals surface area contributed by atoms with Crippen molar-refractivity contribution in [3.8, 4) is 0 Å². The lowest BCUT2D eigenvalue weighted by Gasteiger charge is -2.01. The molecule has 0 fully saturated rings. The Morgan fingerprint density at radius 1 is 1.62 bits per heavy atom. The number of nitro groups is 1. The van der Waals surface area contributed by atoms with Crippen molar-refractivity contribution in [2.45, 2.75) is 6.61 Å². The number of ether oxygens (including phenoxy) is 1. The van der Waals surface area contributed by atoms with Crippen LogP contribution in [-0.4, -0.2) is 12.0 Å². The summed E-state index contributed by atoms with van der Waals surface area (Å²) in [5.41, 5.74) is 0.659. The van der Waals surface area contributed by atoms with E-state index in [1.165, 1.54) is 13.2 Å². The quantitative estimate of drug-likeness (QED) is 0.608. The van der Waals surface area contributed by atoms with Crippen LogP contribution in [0, 0.1) is 10.1 Å². The van der Waals surface area contributed by atoms with Gasteiger partial charge in [-0.1, -0.05) is 15.9 Å². The van der Waals surface area contributed by atoms with Crippen LogP contribution in [0.15, 0.2) is 22.7 Å². The molecule has 1 aromatic rings. The molecule has 0 radical (unpaired) electrons. The molecule has 0 saturated carbocycles. The molecule has 0 N–H and O–H groups in total. The molecule has 0 bridgehead atoms. The van der Waals surface area contributed by atoms with Crippen molar-refractivity contribution in [2.75, 3.05) is 7.11 Å². The molecule has 0 heterocycles. The van der Waals surface area contributed by atoms with Crippen molar-refractivity contribution in [2.24, 2.45) is 0 Å². The van der Waals surface area contributed by atoms with Gasteiger partial charge in [0.1, 0.15) is 0 Å². The first-order valence-corrected chi connectivity index (χ1v) is 4.36. The zero-order valence-corrected chi connectivity index (χ0v) is 8.58. The molecule has 13 heavy (non-hydrogen) atoms.